The second-order valence-electron chi connectivity index (χ2n) is 4.80. The van der Waals surface area contributed by atoms with Crippen molar-refractivity contribution in [1.82, 2.24) is 0 Å². The number of rotatable bonds is 2. The summed E-state index contributed by atoms with van der Waals surface area (Å²) >= 11 is 6.27. The molecule has 1 aliphatic heterocycles. The van der Waals surface area contributed by atoms with Crippen LogP contribution in [0.3, 0.4) is 0 Å². The lowest BCUT2D eigenvalue weighted by Crippen LogP contribution is -2.19. The Balaban J connectivity index is 0.00000120. The fraction of sp³-hybridized carbons (Fsp3) is 0.538. The molecule has 5 heteroatoms. The standard InChI is InChI=1S/C13H16ClNO2.ClH/c14-10-6-12-11(16-7-17-12)5-9(10)13(15)8-3-1-2-4-8;/h5-6,8,13H,1-4,7,15H2;1H/t13-;/m1./s1. The van der Waals surface area contributed by atoms with E-state index in [9.17, 15) is 0 Å². The van der Waals surface area contributed by atoms with Crippen LogP contribution in [0.25, 0.3) is 0 Å². The number of halogens is 2. The molecule has 3 rings (SSSR count). The summed E-state index contributed by atoms with van der Waals surface area (Å²) in [5.41, 5.74) is 7.30. The maximum absolute atomic E-state index is 6.31. The van der Waals surface area contributed by atoms with E-state index in [4.69, 9.17) is 26.8 Å². The minimum atomic E-state index is 0. The van der Waals surface area contributed by atoms with Crippen molar-refractivity contribution in [2.45, 2.75) is 31.7 Å². The van der Waals surface area contributed by atoms with Gasteiger partial charge < -0.3 is 15.2 Å². The fourth-order valence-corrected chi connectivity index (χ4v) is 3.04. The van der Waals surface area contributed by atoms with E-state index in [1.54, 1.807) is 0 Å². The quantitative estimate of drug-likeness (QED) is 0.903. The van der Waals surface area contributed by atoms with Crippen LogP contribution in [-0.2, 0) is 0 Å². The van der Waals surface area contributed by atoms with Gasteiger partial charge in [0.15, 0.2) is 11.5 Å². The Morgan fingerprint density at radius 3 is 2.44 bits per heavy atom. The van der Waals surface area contributed by atoms with Gasteiger partial charge in [0, 0.05) is 17.1 Å². The zero-order valence-corrected chi connectivity index (χ0v) is 11.6. The maximum Gasteiger partial charge on any atom is 0.231 e. The van der Waals surface area contributed by atoms with E-state index in [1.165, 1.54) is 25.7 Å². The molecule has 1 heterocycles. The number of fused-ring (bicyclic) bond motifs is 1. The Bertz CT molecular complexity index is 433. The normalized spacial score (nSPS) is 19.7. The molecule has 1 aliphatic carbocycles. The molecule has 0 spiro atoms. The predicted molar refractivity (Wildman–Crippen MR) is 73.7 cm³/mol. The molecule has 0 bridgehead atoms. The van der Waals surface area contributed by atoms with E-state index in [0.29, 0.717) is 10.9 Å². The Kier molecular flexibility index (Phi) is 4.25. The number of benzene rings is 1. The average molecular weight is 290 g/mol. The molecular formula is C13H17Cl2NO2. The summed E-state index contributed by atoms with van der Waals surface area (Å²) in [4.78, 5) is 0. The van der Waals surface area contributed by atoms with Gasteiger partial charge in [0.2, 0.25) is 6.79 Å². The molecule has 0 aromatic heterocycles. The summed E-state index contributed by atoms with van der Waals surface area (Å²) in [6, 6.07) is 3.77. The van der Waals surface area contributed by atoms with E-state index < -0.39 is 0 Å². The Morgan fingerprint density at radius 1 is 1.17 bits per heavy atom. The van der Waals surface area contributed by atoms with Crippen LogP contribution in [0.2, 0.25) is 5.02 Å². The fourth-order valence-electron chi connectivity index (χ4n) is 2.76. The van der Waals surface area contributed by atoms with Crippen LogP contribution < -0.4 is 15.2 Å². The van der Waals surface area contributed by atoms with Crippen LogP contribution in [0.4, 0.5) is 0 Å². The highest BCUT2D eigenvalue weighted by Crippen LogP contribution is 2.42. The highest BCUT2D eigenvalue weighted by molar-refractivity contribution is 6.31. The molecule has 0 amide bonds. The van der Waals surface area contributed by atoms with E-state index in [2.05, 4.69) is 0 Å². The van der Waals surface area contributed by atoms with Gasteiger partial charge in [-0.1, -0.05) is 24.4 Å². The number of nitrogens with two attached hydrogens (primary N) is 1. The topological polar surface area (TPSA) is 44.5 Å². The van der Waals surface area contributed by atoms with E-state index in [1.807, 2.05) is 12.1 Å². The molecule has 1 aromatic rings. The summed E-state index contributed by atoms with van der Waals surface area (Å²) < 4.78 is 10.7. The minimum absolute atomic E-state index is 0. The maximum atomic E-state index is 6.31. The second-order valence-corrected chi connectivity index (χ2v) is 5.20. The Morgan fingerprint density at radius 2 is 1.78 bits per heavy atom. The summed E-state index contributed by atoms with van der Waals surface area (Å²) in [7, 11) is 0. The van der Waals surface area contributed by atoms with Gasteiger partial charge in [-0.25, -0.2) is 0 Å². The van der Waals surface area contributed by atoms with Crippen molar-refractivity contribution < 1.29 is 9.47 Å². The lowest BCUT2D eigenvalue weighted by molar-refractivity contribution is 0.174. The van der Waals surface area contributed by atoms with Gasteiger partial charge in [-0.15, -0.1) is 12.4 Å². The third kappa shape index (κ3) is 2.40. The molecule has 100 valence electrons. The van der Waals surface area contributed by atoms with Crippen molar-refractivity contribution in [3.63, 3.8) is 0 Å². The zero-order valence-electron chi connectivity index (χ0n) is 10.0. The molecule has 0 saturated heterocycles. The number of hydrogen-bond acceptors (Lipinski definition) is 3. The van der Waals surface area contributed by atoms with Crippen LogP contribution in [0, 0.1) is 5.92 Å². The lowest BCUT2D eigenvalue weighted by atomic mass is 9.92. The highest BCUT2D eigenvalue weighted by atomic mass is 35.5. The van der Waals surface area contributed by atoms with Crippen molar-refractivity contribution in [1.29, 1.82) is 0 Å². The van der Waals surface area contributed by atoms with Gasteiger partial charge in [0.05, 0.1) is 0 Å². The van der Waals surface area contributed by atoms with Crippen molar-refractivity contribution in [2.24, 2.45) is 11.7 Å². The predicted octanol–water partition coefficient (Wildman–Crippen LogP) is 3.68. The molecule has 2 N–H and O–H groups in total. The molecule has 0 radical (unpaired) electrons. The summed E-state index contributed by atoms with van der Waals surface area (Å²) in [5, 5.41) is 0.689. The Labute approximate surface area is 118 Å². The summed E-state index contributed by atoms with van der Waals surface area (Å²) in [6.07, 6.45) is 4.96. The van der Waals surface area contributed by atoms with Crippen LogP contribution in [-0.4, -0.2) is 6.79 Å². The molecule has 1 aromatic carbocycles. The summed E-state index contributed by atoms with van der Waals surface area (Å²) in [6.45, 7) is 0.272. The molecule has 3 nitrogen and oxygen atoms in total. The molecular weight excluding hydrogens is 273 g/mol. The second kappa shape index (κ2) is 5.55. The summed E-state index contributed by atoms with van der Waals surface area (Å²) in [5.74, 6) is 2.03. The van der Waals surface area contributed by atoms with Crippen molar-refractivity contribution >= 4 is 24.0 Å². The lowest BCUT2D eigenvalue weighted by Gasteiger charge is -2.20. The van der Waals surface area contributed by atoms with Gasteiger partial charge in [-0.2, -0.15) is 0 Å². The van der Waals surface area contributed by atoms with Gasteiger partial charge in [-0.05, 0) is 30.4 Å². The first-order valence-corrected chi connectivity index (χ1v) is 6.48. The van der Waals surface area contributed by atoms with Crippen molar-refractivity contribution in [2.75, 3.05) is 6.79 Å². The molecule has 1 fully saturated rings. The van der Waals surface area contributed by atoms with Crippen molar-refractivity contribution in [3.05, 3.63) is 22.7 Å². The Hall–Kier alpha value is -0.640. The molecule has 1 atom stereocenters. The van der Waals surface area contributed by atoms with E-state index in [0.717, 1.165) is 17.1 Å². The van der Waals surface area contributed by atoms with E-state index in [-0.39, 0.29) is 25.2 Å². The van der Waals surface area contributed by atoms with Gasteiger partial charge >= 0.3 is 0 Å². The van der Waals surface area contributed by atoms with Crippen LogP contribution in [0.5, 0.6) is 11.5 Å². The average Bonchev–Trinajstić information content (AvgIpc) is 2.97. The molecule has 2 aliphatic rings. The molecule has 18 heavy (non-hydrogen) atoms. The SMILES string of the molecule is Cl.N[C@@H](c1cc2c(cc1Cl)OCO2)C1CCCC1. The monoisotopic (exact) mass is 289 g/mol. The molecule has 0 unspecified atom stereocenters. The third-order valence-corrected chi connectivity index (χ3v) is 4.09. The first-order valence-electron chi connectivity index (χ1n) is 6.10. The smallest absolute Gasteiger partial charge is 0.231 e. The highest BCUT2D eigenvalue weighted by Gasteiger charge is 2.27. The van der Waals surface area contributed by atoms with Crippen molar-refractivity contribution in [3.8, 4) is 11.5 Å². The molecule has 1 saturated carbocycles. The van der Waals surface area contributed by atoms with Gasteiger partial charge in [-0.3, -0.25) is 0 Å². The van der Waals surface area contributed by atoms with Crippen LogP contribution in [0.1, 0.15) is 37.3 Å². The van der Waals surface area contributed by atoms with Gasteiger partial charge in [0.1, 0.15) is 0 Å². The van der Waals surface area contributed by atoms with Gasteiger partial charge in [0.25, 0.3) is 0 Å². The van der Waals surface area contributed by atoms with Crippen LogP contribution >= 0.6 is 24.0 Å². The first kappa shape index (κ1) is 13.8. The van der Waals surface area contributed by atoms with Crippen LogP contribution in [0.15, 0.2) is 12.1 Å². The number of ether oxygens (including phenoxy) is 2. The largest absolute Gasteiger partial charge is 0.454 e. The number of hydrogen-bond donors (Lipinski definition) is 1. The zero-order chi connectivity index (χ0) is 11.8. The minimum Gasteiger partial charge on any atom is -0.454 e. The third-order valence-electron chi connectivity index (χ3n) is 3.76. The first-order chi connectivity index (χ1) is 8.25. The van der Waals surface area contributed by atoms with E-state index >= 15 is 0 Å².